The second kappa shape index (κ2) is 9.10. The van der Waals surface area contributed by atoms with Gasteiger partial charge in [-0.15, -0.1) is 11.3 Å². The maximum absolute atomic E-state index is 14.9. The van der Waals surface area contributed by atoms with E-state index < -0.39 is 17.1 Å². The number of carbonyl (C=O) groups excluding carboxylic acids is 3. The van der Waals surface area contributed by atoms with Crippen molar-refractivity contribution in [3.05, 3.63) is 51.7 Å². The van der Waals surface area contributed by atoms with Crippen LogP contribution in [0.3, 0.4) is 0 Å². The van der Waals surface area contributed by atoms with Crippen molar-refractivity contribution in [3.8, 4) is 0 Å². The molecule has 1 atom stereocenters. The molecule has 2 fully saturated rings. The molecule has 1 aromatic carbocycles. The van der Waals surface area contributed by atoms with Crippen LogP contribution in [-0.2, 0) is 26.3 Å². The number of nitrogens with zero attached hydrogens (tertiary/aromatic N) is 3. The van der Waals surface area contributed by atoms with E-state index in [4.69, 9.17) is 0 Å². The number of aryl methyl sites for hydroxylation is 1. The maximum Gasteiger partial charge on any atom is 0.241 e. The molecular weight excluding hydrogens is 429 g/mol. The fourth-order valence-electron chi connectivity index (χ4n) is 4.97. The summed E-state index contributed by atoms with van der Waals surface area (Å²) >= 11 is 1.50. The molecule has 0 spiro atoms. The molecule has 32 heavy (non-hydrogen) atoms. The average molecular weight is 458 g/mol. The van der Waals surface area contributed by atoms with Crippen LogP contribution in [0.1, 0.15) is 61.2 Å². The fraction of sp³-hybridized carbons (Fsp3) is 0.500. The van der Waals surface area contributed by atoms with Gasteiger partial charge < -0.3 is 4.90 Å². The van der Waals surface area contributed by atoms with E-state index in [0.29, 0.717) is 6.54 Å². The Kier molecular flexibility index (Phi) is 6.42. The minimum Gasteiger partial charge on any atom is -0.340 e. The van der Waals surface area contributed by atoms with Crippen LogP contribution in [-0.4, -0.2) is 45.6 Å². The second-order valence-corrected chi connectivity index (χ2v) is 9.95. The Hall–Kier alpha value is -2.61. The van der Waals surface area contributed by atoms with Crippen LogP contribution < -0.4 is 0 Å². The molecule has 0 radical (unpaired) electrons. The highest BCUT2D eigenvalue weighted by Crippen LogP contribution is 2.43. The molecule has 2 aromatic rings. The minimum absolute atomic E-state index is 0.128. The molecule has 1 aromatic heterocycles. The molecule has 3 amide bonds. The highest BCUT2D eigenvalue weighted by atomic mass is 32.1. The van der Waals surface area contributed by atoms with Gasteiger partial charge in [0.05, 0.1) is 22.7 Å². The Morgan fingerprint density at radius 2 is 1.97 bits per heavy atom. The largest absolute Gasteiger partial charge is 0.340 e. The van der Waals surface area contributed by atoms with Gasteiger partial charge in [-0.25, -0.2) is 9.37 Å². The molecule has 8 heteroatoms. The lowest BCUT2D eigenvalue weighted by Gasteiger charge is -2.33. The molecule has 2 heterocycles. The van der Waals surface area contributed by atoms with Crippen LogP contribution in [0.2, 0.25) is 0 Å². The van der Waals surface area contributed by atoms with E-state index in [1.54, 1.807) is 19.2 Å². The number of imide groups is 1. The third-order valence-electron chi connectivity index (χ3n) is 6.62. The van der Waals surface area contributed by atoms with E-state index in [0.717, 1.165) is 42.8 Å². The molecule has 0 N–H and O–H groups in total. The zero-order chi connectivity index (χ0) is 22.9. The Labute approximate surface area is 191 Å². The van der Waals surface area contributed by atoms with Crippen molar-refractivity contribution in [2.45, 2.75) is 69.9 Å². The fourth-order valence-corrected chi connectivity index (χ4v) is 5.57. The topological polar surface area (TPSA) is 70.6 Å². The van der Waals surface area contributed by atoms with Crippen LogP contribution >= 0.6 is 11.3 Å². The number of amides is 3. The number of benzene rings is 1. The summed E-state index contributed by atoms with van der Waals surface area (Å²) in [5, 5.41) is 2.80. The van der Waals surface area contributed by atoms with Crippen molar-refractivity contribution < 1.29 is 18.8 Å². The highest BCUT2D eigenvalue weighted by Gasteiger charge is 2.56. The van der Waals surface area contributed by atoms with Crippen LogP contribution in [0.25, 0.3) is 0 Å². The van der Waals surface area contributed by atoms with Gasteiger partial charge in [-0.2, -0.15) is 0 Å². The minimum atomic E-state index is -1.51. The first-order valence-electron chi connectivity index (χ1n) is 11.1. The highest BCUT2D eigenvalue weighted by molar-refractivity contribution is 7.09. The quantitative estimate of drug-likeness (QED) is 0.616. The third kappa shape index (κ3) is 4.20. The van der Waals surface area contributed by atoms with Gasteiger partial charge in [0.25, 0.3) is 0 Å². The van der Waals surface area contributed by atoms with Crippen LogP contribution in [0.5, 0.6) is 0 Å². The number of aromatic nitrogens is 1. The molecule has 1 saturated carbocycles. The van der Waals surface area contributed by atoms with Crippen molar-refractivity contribution in [3.63, 3.8) is 0 Å². The lowest BCUT2D eigenvalue weighted by atomic mass is 9.75. The Balaban J connectivity index is 1.65. The van der Waals surface area contributed by atoms with Crippen LogP contribution in [0, 0.1) is 12.7 Å². The first-order valence-corrected chi connectivity index (χ1v) is 12.0. The lowest BCUT2D eigenvalue weighted by Crippen LogP contribution is -2.47. The molecular formula is C24H28FN3O3S. The molecule has 0 bridgehead atoms. The van der Waals surface area contributed by atoms with E-state index in [9.17, 15) is 18.8 Å². The van der Waals surface area contributed by atoms with E-state index in [2.05, 4.69) is 4.98 Å². The first kappa shape index (κ1) is 22.6. The van der Waals surface area contributed by atoms with Crippen LogP contribution in [0.4, 0.5) is 4.39 Å². The van der Waals surface area contributed by atoms with Crippen molar-refractivity contribution in [2.24, 2.45) is 0 Å². The zero-order valence-electron chi connectivity index (χ0n) is 18.5. The standard InChI is InChI=1S/C24H28FN3O3S/c1-16-26-17(15-32-16)14-27(2)21(29)12-24(19-10-6-7-11-20(19)25)13-22(30)28(23(24)31)18-8-4-3-5-9-18/h6-7,10-11,15,18H,3-5,8-9,12-14H2,1-2H3/t24-/m1/s1. The van der Waals surface area contributed by atoms with Gasteiger partial charge in [0.1, 0.15) is 5.82 Å². The van der Waals surface area contributed by atoms with E-state index >= 15 is 0 Å². The SMILES string of the molecule is Cc1nc(CN(C)C(=O)C[C@]2(c3ccccc3F)CC(=O)N(C3CCCCC3)C2=O)cs1. The molecule has 2 aliphatic rings. The molecule has 6 nitrogen and oxygen atoms in total. The van der Waals surface area contributed by atoms with Gasteiger partial charge in [0, 0.05) is 36.9 Å². The molecule has 1 aliphatic carbocycles. The normalized spacial score (nSPS) is 21.9. The summed E-state index contributed by atoms with van der Waals surface area (Å²) in [6, 6.07) is 5.84. The average Bonchev–Trinajstić information content (AvgIpc) is 3.29. The van der Waals surface area contributed by atoms with E-state index in [-0.39, 0.29) is 36.3 Å². The Morgan fingerprint density at radius 1 is 1.25 bits per heavy atom. The summed E-state index contributed by atoms with van der Waals surface area (Å²) in [6.45, 7) is 2.19. The van der Waals surface area contributed by atoms with E-state index in [1.165, 1.54) is 33.3 Å². The smallest absolute Gasteiger partial charge is 0.241 e. The number of rotatable bonds is 6. The van der Waals surface area contributed by atoms with Gasteiger partial charge in [-0.05, 0) is 25.8 Å². The van der Waals surface area contributed by atoms with Gasteiger partial charge in [0.2, 0.25) is 17.7 Å². The van der Waals surface area contributed by atoms with Gasteiger partial charge in [0.15, 0.2) is 0 Å². The predicted octanol–water partition coefficient (Wildman–Crippen LogP) is 3.97. The molecule has 4 rings (SSSR count). The van der Waals surface area contributed by atoms with Gasteiger partial charge in [-0.1, -0.05) is 37.5 Å². The van der Waals surface area contributed by atoms with Crippen molar-refractivity contribution >= 4 is 29.1 Å². The molecule has 1 saturated heterocycles. The molecule has 1 aliphatic heterocycles. The second-order valence-electron chi connectivity index (χ2n) is 8.88. The number of halogens is 1. The summed E-state index contributed by atoms with van der Waals surface area (Å²) in [7, 11) is 1.65. The summed E-state index contributed by atoms with van der Waals surface area (Å²) < 4.78 is 14.9. The number of likely N-dealkylation sites (tertiary alicyclic amines) is 1. The van der Waals surface area contributed by atoms with Crippen LogP contribution in [0.15, 0.2) is 29.6 Å². The van der Waals surface area contributed by atoms with Gasteiger partial charge >= 0.3 is 0 Å². The lowest BCUT2D eigenvalue weighted by molar-refractivity contribution is -0.145. The summed E-state index contributed by atoms with van der Waals surface area (Å²) in [5.74, 6) is -1.63. The predicted molar refractivity (Wildman–Crippen MR) is 119 cm³/mol. The number of carbonyl (C=O) groups is 3. The first-order chi connectivity index (χ1) is 15.3. The number of hydrogen-bond donors (Lipinski definition) is 0. The van der Waals surface area contributed by atoms with Crippen molar-refractivity contribution in [1.29, 1.82) is 0 Å². The summed E-state index contributed by atoms with van der Waals surface area (Å²) in [5.41, 5.74) is -0.618. The van der Waals surface area contributed by atoms with Crippen molar-refractivity contribution in [1.82, 2.24) is 14.8 Å². The molecule has 170 valence electrons. The summed E-state index contributed by atoms with van der Waals surface area (Å²) in [6.07, 6.45) is 4.11. The number of hydrogen-bond acceptors (Lipinski definition) is 5. The Bertz CT molecular complexity index is 1030. The third-order valence-corrected chi connectivity index (χ3v) is 7.45. The zero-order valence-corrected chi connectivity index (χ0v) is 19.3. The Morgan fingerprint density at radius 3 is 2.62 bits per heavy atom. The molecule has 0 unspecified atom stereocenters. The number of thiazole rings is 1. The van der Waals surface area contributed by atoms with Gasteiger partial charge in [-0.3, -0.25) is 19.3 Å². The van der Waals surface area contributed by atoms with Crippen molar-refractivity contribution in [2.75, 3.05) is 7.05 Å². The summed E-state index contributed by atoms with van der Waals surface area (Å²) in [4.78, 5) is 47.3. The monoisotopic (exact) mass is 457 g/mol. The maximum atomic E-state index is 14.9. The van der Waals surface area contributed by atoms with E-state index in [1.807, 2.05) is 12.3 Å².